The van der Waals surface area contributed by atoms with Gasteiger partial charge in [-0.05, 0) is 11.3 Å². The van der Waals surface area contributed by atoms with Crippen molar-refractivity contribution in [1.82, 2.24) is 0 Å². The topological polar surface area (TPSA) is 52.3 Å². The second-order valence-electron chi connectivity index (χ2n) is 3.91. The molecule has 0 aromatic heterocycles. The number of ether oxygens (including phenoxy) is 1. The molecule has 0 radical (unpaired) electrons. The van der Waals surface area contributed by atoms with E-state index in [2.05, 4.69) is 0 Å². The average molecular weight is 275 g/mol. The molecule has 0 aliphatic rings. The summed E-state index contributed by atoms with van der Waals surface area (Å²) in [6.07, 6.45) is 0. The van der Waals surface area contributed by atoms with Crippen molar-refractivity contribution in [2.75, 3.05) is 18.1 Å². The molecule has 0 atom stereocenters. The van der Waals surface area contributed by atoms with E-state index in [1.54, 1.807) is 11.8 Å². The number of carbonyl (C=O) groups is 1. The van der Waals surface area contributed by atoms with E-state index in [0.717, 1.165) is 12.1 Å². The van der Waals surface area contributed by atoms with Crippen molar-refractivity contribution in [3.8, 4) is 0 Å². The van der Waals surface area contributed by atoms with Crippen LogP contribution in [0.4, 0.5) is 14.5 Å². The number of hydrogen-bond acceptors (Lipinski definition) is 4. The summed E-state index contributed by atoms with van der Waals surface area (Å²) >= 11 is 1.64. The van der Waals surface area contributed by atoms with E-state index in [-0.39, 0.29) is 17.9 Å². The van der Waals surface area contributed by atoms with Gasteiger partial charge in [-0.15, -0.1) is 0 Å². The fourth-order valence-electron chi connectivity index (χ4n) is 1.23. The summed E-state index contributed by atoms with van der Waals surface area (Å²) in [5.41, 5.74) is 5.15. The first-order valence-electron chi connectivity index (χ1n) is 5.45. The Labute approximate surface area is 109 Å². The fourth-order valence-corrected chi connectivity index (χ4v) is 1.89. The number of halogens is 2. The van der Waals surface area contributed by atoms with Crippen LogP contribution in [0, 0.1) is 11.6 Å². The standard InChI is InChI=1S/C12H15F2NO2S/c1-7(2)18-4-3-17-12(16)8-5-9(13)10(14)6-11(8)15/h5-7H,3-4,15H2,1-2H3. The predicted octanol–water partition coefficient (Wildman–Crippen LogP) is 2.85. The van der Waals surface area contributed by atoms with Crippen LogP contribution in [-0.2, 0) is 4.74 Å². The van der Waals surface area contributed by atoms with Gasteiger partial charge in [0, 0.05) is 17.5 Å². The number of nitrogens with two attached hydrogens (primary N) is 1. The second kappa shape index (κ2) is 6.58. The van der Waals surface area contributed by atoms with Crippen molar-refractivity contribution in [2.45, 2.75) is 19.1 Å². The molecule has 0 saturated heterocycles. The summed E-state index contributed by atoms with van der Waals surface area (Å²) in [5.74, 6) is -2.30. The molecule has 1 aromatic rings. The summed E-state index contributed by atoms with van der Waals surface area (Å²) in [6.45, 7) is 4.26. The largest absolute Gasteiger partial charge is 0.461 e. The lowest BCUT2D eigenvalue weighted by molar-refractivity contribution is 0.0531. The van der Waals surface area contributed by atoms with Crippen molar-refractivity contribution in [2.24, 2.45) is 0 Å². The summed E-state index contributed by atoms with van der Waals surface area (Å²) in [5, 5.41) is 0.442. The summed E-state index contributed by atoms with van der Waals surface area (Å²) in [4.78, 5) is 11.6. The Bertz CT molecular complexity index is 438. The van der Waals surface area contributed by atoms with E-state index in [4.69, 9.17) is 10.5 Å². The van der Waals surface area contributed by atoms with Crippen molar-refractivity contribution in [1.29, 1.82) is 0 Å². The van der Waals surface area contributed by atoms with Gasteiger partial charge in [0.25, 0.3) is 0 Å². The number of benzene rings is 1. The number of nitrogen functional groups attached to an aromatic ring is 1. The van der Waals surface area contributed by atoms with Gasteiger partial charge < -0.3 is 10.5 Å². The van der Waals surface area contributed by atoms with Crippen LogP contribution in [0.5, 0.6) is 0 Å². The molecule has 0 spiro atoms. The Hall–Kier alpha value is -1.30. The van der Waals surface area contributed by atoms with E-state index in [9.17, 15) is 13.6 Å². The smallest absolute Gasteiger partial charge is 0.340 e. The highest BCUT2D eigenvalue weighted by atomic mass is 32.2. The molecule has 1 aromatic carbocycles. The number of carbonyl (C=O) groups excluding carboxylic acids is 1. The lowest BCUT2D eigenvalue weighted by Gasteiger charge is -2.08. The third kappa shape index (κ3) is 4.18. The van der Waals surface area contributed by atoms with E-state index in [0.29, 0.717) is 11.0 Å². The molecule has 0 bridgehead atoms. The molecule has 0 unspecified atom stereocenters. The van der Waals surface area contributed by atoms with Crippen LogP contribution in [0.1, 0.15) is 24.2 Å². The van der Waals surface area contributed by atoms with Gasteiger partial charge in [-0.2, -0.15) is 11.8 Å². The Balaban J connectivity index is 2.59. The molecule has 100 valence electrons. The van der Waals surface area contributed by atoms with Crippen LogP contribution in [0.2, 0.25) is 0 Å². The van der Waals surface area contributed by atoms with Gasteiger partial charge in [0.05, 0.1) is 5.56 Å². The monoisotopic (exact) mass is 275 g/mol. The fraction of sp³-hybridized carbons (Fsp3) is 0.417. The third-order valence-corrected chi connectivity index (χ3v) is 3.15. The summed E-state index contributed by atoms with van der Waals surface area (Å²) in [7, 11) is 0. The summed E-state index contributed by atoms with van der Waals surface area (Å²) < 4.78 is 30.7. The maximum Gasteiger partial charge on any atom is 0.340 e. The van der Waals surface area contributed by atoms with Crippen LogP contribution in [0.25, 0.3) is 0 Å². The lowest BCUT2D eigenvalue weighted by atomic mass is 10.1. The molecule has 18 heavy (non-hydrogen) atoms. The molecule has 2 N–H and O–H groups in total. The van der Waals surface area contributed by atoms with E-state index in [1.807, 2.05) is 13.8 Å². The average Bonchev–Trinajstić information content (AvgIpc) is 2.28. The quantitative estimate of drug-likeness (QED) is 0.510. The zero-order valence-corrected chi connectivity index (χ0v) is 11.0. The SMILES string of the molecule is CC(C)SCCOC(=O)c1cc(F)c(F)cc1N. The molecular weight excluding hydrogens is 260 g/mol. The zero-order valence-electron chi connectivity index (χ0n) is 10.2. The number of hydrogen-bond donors (Lipinski definition) is 1. The first kappa shape index (κ1) is 14.8. The van der Waals surface area contributed by atoms with Gasteiger partial charge in [-0.25, -0.2) is 13.6 Å². The zero-order chi connectivity index (χ0) is 13.7. The number of anilines is 1. The van der Waals surface area contributed by atoms with E-state index >= 15 is 0 Å². The molecule has 0 aliphatic carbocycles. The van der Waals surface area contributed by atoms with Crippen LogP contribution in [0.3, 0.4) is 0 Å². The minimum atomic E-state index is -1.12. The Kier molecular flexibility index (Phi) is 5.40. The molecule has 0 heterocycles. The van der Waals surface area contributed by atoms with E-state index < -0.39 is 17.6 Å². The molecule has 0 fully saturated rings. The van der Waals surface area contributed by atoms with Gasteiger partial charge in [0.1, 0.15) is 6.61 Å². The van der Waals surface area contributed by atoms with Crippen molar-refractivity contribution in [3.05, 3.63) is 29.3 Å². The van der Waals surface area contributed by atoms with Gasteiger partial charge in [0.15, 0.2) is 11.6 Å². The van der Waals surface area contributed by atoms with Gasteiger partial charge >= 0.3 is 5.97 Å². The van der Waals surface area contributed by atoms with Gasteiger partial charge in [-0.1, -0.05) is 13.8 Å². The maximum atomic E-state index is 13.0. The Morgan fingerprint density at radius 3 is 2.61 bits per heavy atom. The maximum absolute atomic E-state index is 13.0. The Morgan fingerprint density at radius 2 is 2.00 bits per heavy atom. The molecule has 1 rings (SSSR count). The molecular formula is C12H15F2NO2S. The molecule has 6 heteroatoms. The molecule has 0 aliphatic heterocycles. The first-order valence-corrected chi connectivity index (χ1v) is 6.50. The minimum Gasteiger partial charge on any atom is -0.461 e. The first-order chi connectivity index (χ1) is 8.41. The highest BCUT2D eigenvalue weighted by Gasteiger charge is 2.15. The van der Waals surface area contributed by atoms with Crippen LogP contribution < -0.4 is 5.73 Å². The van der Waals surface area contributed by atoms with Crippen LogP contribution in [0.15, 0.2) is 12.1 Å². The van der Waals surface area contributed by atoms with Crippen LogP contribution >= 0.6 is 11.8 Å². The minimum absolute atomic E-state index is 0.129. The van der Waals surface area contributed by atoms with Gasteiger partial charge in [0.2, 0.25) is 0 Å². The van der Waals surface area contributed by atoms with Crippen molar-refractivity contribution < 1.29 is 18.3 Å². The molecule has 0 saturated carbocycles. The molecule has 3 nitrogen and oxygen atoms in total. The highest BCUT2D eigenvalue weighted by molar-refractivity contribution is 7.99. The number of thioether (sulfide) groups is 1. The normalized spacial score (nSPS) is 10.7. The predicted molar refractivity (Wildman–Crippen MR) is 68.6 cm³/mol. The third-order valence-electron chi connectivity index (χ3n) is 2.08. The second-order valence-corrected chi connectivity index (χ2v) is 5.59. The summed E-state index contributed by atoms with van der Waals surface area (Å²) in [6, 6.07) is 1.53. The number of rotatable bonds is 5. The molecule has 0 amide bonds. The van der Waals surface area contributed by atoms with Crippen molar-refractivity contribution in [3.63, 3.8) is 0 Å². The highest BCUT2D eigenvalue weighted by Crippen LogP contribution is 2.18. The van der Waals surface area contributed by atoms with Gasteiger partial charge in [-0.3, -0.25) is 0 Å². The van der Waals surface area contributed by atoms with E-state index in [1.165, 1.54) is 0 Å². The lowest BCUT2D eigenvalue weighted by Crippen LogP contribution is -2.12. The number of esters is 1. The van der Waals surface area contributed by atoms with Crippen LogP contribution in [-0.4, -0.2) is 23.6 Å². The Morgan fingerprint density at radius 1 is 1.39 bits per heavy atom. The van der Waals surface area contributed by atoms with Crippen molar-refractivity contribution >= 4 is 23.4 Å².